The molecule has 0 amide bonds. The van der Waals surface area contributed by atoms with Crippen molar-refractivity contribution in [1.82, 2.24) is 14.5 Å². The van der Waals surface area contributed by atoms with Crippen molar-refractivity contribution in [2.75, 3.05) is 13.4 Å². The Labute approximate surface area is 214 Å². The number of imidazole rings is 1. The van der Waals surface area contributed by atoms with E-state index in [2.05, 4.69) is 38.8 Å². The van der Waals surface area contributed by atoms with E-state index in [0.717, 1.165) is 50.3 Å². The molecule has 1 unspecified atom stereocenters. The van der Waals surface area contributed by atoms with E-state index in [1.807, 2.05) is 62.6 Å². The van der Waals surface area contributed by atoms with Crippen LogP contribution >= 0.6 is 0 Å². The fraction of sp³-hybridized carbons (Fsp3) is 0.200. The minimum Gasteiger partial charge on any atom is -0.462 e. The normalized spacial score (nSPS) is 13.1. The van der Waals surface area contributed by atoms with Crippen LogP contribution in [-0.2, 0) is 11.2 Å². The molecule has 0 bridgehead atoms. The summed E-state index contributed by atoms with van der Waals surface area (Å²) in [6.45, 7) is 4.35. The first-order valence-corrected chi connectivity index (χ1v) is 12.4. The Morgan fingerprint density at radius 2 is 1.89 bits per heavy atom. The molecule has 37 heavy (non-hydrogen) atoms. The zero-order chi connectivity index (χ0) is 25.4. The van der Waals surface area contributed by atoms with Crippen molar-refractivity contribution in [3.8, 4) is 22.6 Å². The van der Waals surface area contributed by atoms with Crippen molar-refractivity contribution < 1.29 is 19.0 Å². The molecule has 0 spiro atoms. The third-order valence-corrected chi connectivity index (χ3v) is 6.85. The number of benzene rings is 3. The van der Waals surface area contributed by atoms with Gasteiger partial charge in [0, 0.05) is 18.0 Å². The number of carbonyl (C=O) groups is 1. The first kappa shape index (κ1) is 22.9. The highest BCUT2D eigenvalue weighted by Crippen LogP contribution is 2.37. The molecule has 0 saturated carbocycles. The molecule has 1 aliphatic heterocycles. The van der Waals surface area contributed by atoms with E-state index < -0.39 is 0 Å². The van der Waals surface area contributed by atoms with Gasteiger partial charge in [0.1, 0.15) is 0 Å². The summed E-state index contributed by atoms with van der Waals surface area (Å²) in [5.41, 5.74) is 5.33. The molecule has 1 aliphatic rings. The Hall–Kier alpha value is -4.52. The average molecular weight is 494 g/mol. The second-order valence-corrected chi connectivity index (χ2v) is 9.09. The zero-order valence-corrected chi connectivity index (χ0v) is 20.7. The lowest BCUT2D eigenvalue weighted by Crippen LogP contribution is -2.14. The summed E-state index contributed by atoms with van der Waals surface area (Å²) >= 11 is 0. The van der Waals surface area contributed by atoms with Crippen LogP contribution in [0.3, 0.4) is 0 Å². The van der Waals surface area contributed by atoms with Crippen molar-refractivity contribution in [3.05, 3.63) is 102 Å². The largest absolute Gasteiger partial charge is 0.462 e. The van der Waals surface area contributed by atoms with Crippen LogP contribution in [0.5, 0.6) is 11.5 Å². The molecular weight excluding hydrogens is 466 g/mol. The maximum absolute atomic E-state index is 13.2. The smallest absolute Gasteiger partial charge is 0.340 e. The summed E-state index contributed by atoms with van der Waals surface area (Å²) in [6.07, 6.45) is 6.31. The van der Waals surface area contributed by atoms with Gasteiger partial charge in [0.15, 0.2) is 11.5 Å². The minimum atomic E-state index is -0.340. The standard InChI is InChI=1S/C30H27N3O4/c1-3-35-30(34)25-16-33(15-24(25)23-10-6-8-21-7-4-5-9-22(21)23)26(29-19(2)31-17-32-29)13-20-11-12-27-28(14-20)37-18-36-27/h4-12,14-17,26H,3,13,18H2,1-2H3,(H,31,32). The Kier molecular flexibility index (Phi) is 5.88. The summed E-state index contributed by atoms with van der Waals surface area (Å²) in [6, 6.07) is 20.2. The highest BCUT2D eigenvalue weighted by Gasteiger charge is 2.25. The molecule has 7 nitrogen and oxygen atoms in total. The van der Waals surface area contributed by atoms with E-state index in [-0.39, 0.29) is 18.8 Å². The maximum Gasteiger partial charge on any atom is 0.340 e. The number of aryl methyl sites for hydroxylation is 1. The second kappa shape index (κ2) is 9.50. The number of nitrogens with zero attached hydrogens (tertiary/aromatic N) is 2. The molecule has 1 N–H and O–H groups in total. The lowest BCUT2D eigenvalue weighted by molar-refractivity contribution is 0.0527. The summed E-state index contributed by atoms with van der Waals surface area (Å²) in [7, 11) is 0. The Morgan fingerprint density at radius 1 is 1.05 bits per heavy atom. The van der Waals surface area contributed by atoms with Crippen LogP contribution in [0.2, 0.25) is 0 Å². The lowest BCUT2D eigenvalue weighted by atomic mass is 9.98. The molecule has 3 heterocycles. The Morgan fingerprint density at radius 3 is 2.73 bits per heavy atom. The van der Waals surface area contributed by atoms with Crippen molar-refractivity contribution in [2.24, 2.45) is 0 Å². The van der Waals surface area contributed by atoms with Gasteiger partial charge in [0.25, 0.3) is 0 Å². The van der Waals surface area contributed by atoms with E-state index in [9.17, 15) is 4.79 Å². The van der Waals surface area contributed by atoms with Crippen LogP contribution in [-0.4, -0.2) is 33.9 Å². The third kappa shape index (κ3) is 4.22. The number of hydrogen-bond acceptors (Lipinski definition) is 5. The van der Waals surface area contributed by atoms with Crippen LogP contribution in [0.15, 0.2) is 79.4 Å². The van der Waals surface area contributed by atoms with Gasteiger partial charge in [0.2, 0.25) is 6.79 Å². The van der Waals surface area contributed by atoms with Crippen LogP contribution in [0.4, 0.5) is 0 Å². The van der Waals surface area contributed by atoms with Gasteiger partial charge in [-0.15, -0.1) is 0 Å². The van der Waals surface area contributed by atoms with Crippen molar-refractivity contribution >= 4 is 16.7 Å². The summed E-state index contributed by atoms with van der Waals surface area (Å²) in [4.78, 5) is 20.9. The maximum atomic E-state index is 13.2. The molecule has 0 saturated heterocycles. The summed E-state index contributed by atoms with van der Waals surface area (Å²) in [5, 5.41) is 2.20. The number of ether oxygens (including phenoxy) is 3. The molecule has 5 aromatic rings. The number of aromatic nitrogens is 3. The topological polar surface area (TPSA) is 78.4 Å². The predicted octanol–water partition coefficient (Wildman–Crippen LogP) is 6.08. The Bertz CT molecular complexity index is 1590. The van der Waals surface area contributed by atoms with Gasteiger partial charge in [-0.05, 0) is 54.3 Å². The van der Waals surface area contributed by atoms with Crippen molar-refractivity contribution in [1.29, 1.82) is 0 Å². The first-order valence-electron chi connectivity index (χ1n) is 12.4. The van der Waals surface area contributed by atoms with Crippen molar-refractivity contribution in [3.63, 3.8) is 0 Å². The molecule has 7 heteroatoms. The fourth-order valence-electron chi connectivity index (χ4n) is 5.06. The van der Waals surface area contributed by atoms with Gasteiger partial charge in [0.05, 0.1) is 35.9 Å². The molecule has 1 atom stereocenters. The van der Waals surface area contributed by atoms with Gasteiger partial charge in [-0.25, -0.2) is 9.78 Å². The van der Waals surface area contributed by atoms with Crippen LogP contribution in [0.1, 0.15) is 40.3 Å². The Balaban J connectivity index is 1.49. The number of hydrogen-bond donors (Lipinski definition) is 1. The number of aromatic amines is 1. The summed E-state index contributed by atoms with van der Waals surface area (Å²) < 4.78 is 18.7. The average Bonchev–Trinajstić information content (AvgIpc) is 3.66. The first-order chi connectivity index (χ1) is 18.1. The molecular formula is C30H27N3O4. The number of rotatable bonds is 7. The third-order valence-electron chi connectivity index (χ3n) is 6.85. The molecule has 6 rings (SSSR count). The SMILES string of the molecule is CCOC(=O)c1cn(C(Cc2ccc3c(c2)OCO3)c2[nH]cnc2C)cc1-c1cccc2ccccc12. The number of H-pyrrole nitrogens is 1. The van der Waals surface area contributed by atoms with E-state index in [1.54, 1.807) is 6.33 Å². The number of carbonyl (C=O) groups excluding carboxylic acids is 1. The fourth-order valence-corrected chi connectivity index (χ4v) is 5.06. The van der Waals surface area contributed by atoms with Crippen molar-refractivity contribution in [2.45, 2.75) is 26.3 Å². The molecule has 186 valence electrons. The molecule has 0 aliphatic carbocycles. The molecule has 0 radical (unpaired) electrons. The monoisotopic (exact) mass is 493 g/mol. The highest BCUT2D eigenvalue weighted by molar-refractivity contribution is 6.04. The molecule has 3 aromatic carbocycles. The predicted molar refractivity (Wildman–Crippen MR) is 141 cm³/mol. The molecule has 2 aromatic heterocycles. The van der Waals surface area contributed by atoms with Gasteiger partial charge in [-0.3, -0.25) is 0 Å². The summed E-state index contributed by atoms with van der Waals surface area (Å²) in [5.74, 6) is 1.16. The zero-order valence-electron chi connectivity index (χ0n) is 20.7. The van der Waals surface area contributed by atoms with Crippen LogP contribution in [0, 0.1) is 6.92 Å². The van der Waals surface area contributed by atoms with Crippen LogP contribution in [0.25, 0.3) is 21.9 Å². The van der Waals surface area contributed by atoms with Gasteiger partial charge >= 0.3 is 5.97 Å². The highest BCUT2D eigenvalue weighted by atomic mass is 16.7. The van der Waals surface area contributed by atoms with E-state index in [4.69, 9.17) is 14.2 Å². The number of fused-ring (bicyclic) bond motifs is 2. The van der Waals surface area contributed by atoms with Gasteiger partial charge < -0.3 is 23.8 Å². The number of nitrogens with one attached hydrogen (secondary N) is 1. The number of esters is 1. The van der Waals surface area contributed by atoms with E-state index in [0.29, 0.717) is 18.6 Å². The van der Waals surface area contributed by atoms with Crippen LogP contribution < -0.4 is 9.47 Å². The quantitative estimate of drug-likeness (QED) is 0.278. The molecule has 0 fully saturated rings. The second-order valence-electron chi connectivity index (χ2n) is 9.09. The van der Waals surface area contributed by atoms with E-state index >= 15 is 0 Å². The van der Waals surface area contributed by atoms with Gasteiger partial charge in [-0.1, -0.05) is 48.5 Å². The lowest BCUT2D eigenvalue weighted by Gasteiger charge is -2.19. The van der Waals surface area contributed by atoms with Gasteiger partial charge in [-0.2, -0.15) is 0 Å². The minimum absolute atomic E-state index is 0.139. The van der Waals surface area contributed by atoms with E-state index in [1.165, 1.54) is 0 Å².